The molecular weight excluding hydrogens is 192 g/mol. The summed E-state index contributed by atoms with van der Waals surface area (Å²) in [6, 6.07) is 5.63. The van der Waals surface area contributed by atoms with Crippen molar-refractivity contribution in [2.75, 3.05) is 13.2 Å². The van der Waals surface area contributed by atoms with Crippen molar-refractivity contribution in [2.24, 2.45) is 0 Å². The molecule has 2 aromatic rings. The largest absolute Gasteiger partial charge is 0.486 e. The Morgan fingerprint density at radius 1 is 1.13 bits per heavy atom. The monoisotopic (exact) mass is 202 g/mol. The predicted molar refractivity (Wildman–Crippen MR) is 56.2 cm³/mol. The number of hydrogen-bond donors (Lipinski definition) is 0. The van der Waals surface area contributed by atoms with Crippen molar-refractivity contribution in [3.05, 3.63) is 34.0 Å². The Morgan fingerprint density at radius 3 is 2.47 bits per heavy atom. The molecule has 0 fully saturated rings. The van der Waals surface area contributed by atoms with E-state index in [1.807, 2.05) is 25.1 Å². The van der Waals surface area contributed by atoms with Gasteiger partial charge >= 0.3 is 0 Å². The SMILES string of the molecule is Cc1c(-c2ccc3c(c2)OCCO3)c1=O. The van der Waals surface area contributed by atoms with Gasteiger partial charge in [-0.25, -0.2) is 0 Å². The van der Waals surface area contributed by atoms with Gasteiger partial charge in [0, 0.05) is 11.1 Å². The number of hydrogen-bond acceptors (Lipinski definition) is 3. The molecule has 0 unspecified atom stereocenters. The molecule has 76 valence electrons. The van der Waals surface area contributed by atoms with Gasteiger partial charge in [-0.2, -0.15) is 0 Å². The van der Waals surface area contributed by atoms with E-state index < -0.39 is 0 Å². The summed E-state index contributed by atoms with van der Waals surface area (Å²) in [7, 11) is 0. The summed E-state index contributed by atoms with van der Waals surface area (Å²) in [5.41, 5.74) is 2.77. The Labute approximate surface area is 86.9 Å². The summed E-state index contributed by atoms with van der Waals surface area (Å²) in [5, 5.41) is 0. The summed E-state index contributed by atoms with van der Waals surface area (Å²) in [5.74, 6) is 1.50. The second-order valence-electron chi connectivity index (χ2n) is 3.69. The maximum absolute atomic E-state index is 11.2. The van der Waals surface area contributed by atoms with E-state index in [0.717, 1.165) is 28.2 Å². The molecule has 0 bridgehead atoms. The smallest absolute Gasteiger partial charge is 0.190 e. The fourth-order valence-corrected chi connectivity index (χ4v) is 1.80. The number of rotatable bonds is 1. The van der Waals surface area contributed by atoms with Crippen molar-refractivity contribution < 1.29 is 9.47 Å². The predicted octanol–water partition coefficient (Wildman–Crippen LogP) is 1.67. The highest BCUT2D eigenvalue weighted by Gasteiger charge is 2.21. The Bertz CT molecular complexity index is 533. The molecule has 0 saturated heterocycles. The van der Waals surface area contributed by atoms with Crippen LogP contribution in [0, 0.1) is 6.92 Å². The van der Waals surface area contributed by atoms with E-state index >= 15 is 0 Å². The lowest BCUT2D eigenvalue weighted by atomic mass is 10.1. The van der Waals surface area contributed by atoms with Crippen molar-refractivity contribution >= 4 is 0 Å². The molecule has 0 aromatic heterocycles. The lowest BCUT2D eigenvalue weighted by molar-refractivity contribution is 0.171. The van der Waals surface area contributed by atoms with Crippen LogP contribution in [0.15, 0.2) is 23.0 Å². The van der Waals surface area contributed by atoms with Gasteiger partial charge in [-0.1, -0.05) is 6.07 Å². The molecule has 0 N–H and O–H groups in total. The lowest BCUT2D eigenvalue weighted by Crippen LogP contribution is -2.15. The Balaban J connectivity index is 2.05. The Morgan fingerprint density at radius 2 is 1.80 bits per heavy atom. The quantitative estimate of drug-likeness (QED) is 0.705. The first kappa shape index (κ1) is 8.53. The van der Waals surface area contributed by atoms with E-state index in [0.29, 0.717) is 13.2 Å². The van der Waals surface area contributed by atoms with E-state index in [4.69, 9.17) is 9.47 Å². The first-order valence-corrected chi connectivity index (χ1v) is 4.93. The molecule has 1 heterocycles. The van der Waals surface area contributed by atoms with E-state index in [2.05, 4.69) is 0 Å². The average Bonchev–Trinajstić information content (AvgIpc) is 2.86. The molecular formula is C12H10O3. The third-order valence-corrected chi connectivity index (χ3v) is 2.71. The van der Waals surface area contributed by atoms with Gasteiger partial charge in [0.25, 0.3) is 0 Å². The van der Waals surface area contributed by atoms with Gasteiger partial charge in [-0.05, 0) is 24.6 Å². The van der Waals surface area contributed by atoms with Crippen LogP contribution in [-0.4, -0.2) is 13.2 Å². The highest BCUT2D eigenvalue weighted by molar-refractivity contribution is 5.77. The zero-order valence-electron chi connectivity index (χ0n) is 8.37. The third kappa shape index (κ3) is 1.23. The molecule has 0 saturated carbocycles. The second-order valence-corrected chi connectivity index (χ2v) is 3.69. The number of benzene rings is 1. The molecule has 2 aromatic carbocycles. The topological polar surface area (TPSA) is 35.5 Å². The normalized spacial score (nSPS) is 14.5. The van der Waals surface area contributed by atoms with Crippen LogP contribution in [0.2, 0.25) is 0 Å². The number of fused-ring (bicyclic) bond motifs is 1. The highest BCUT2D eigenvalue weighted by atomic mass is 16.6. The first-order valence-electron chi connectivity index (χ1n) is 4.93. The van der Waals surface area contributed by atoms with Crippen LogP contribution < -0.4 is 14.9 Å². The van der Waals surface area contributed by atoms with Gasteiger partial charge in [0.2, 0.25) is 0 Å². The fourth-order valence-electron chi connectivity index (χ4n) is 1.80. The van der Waals surface area contributed by atoms with Crippen LogP contribution >= 0.6 is 0 Å². The van der Waals surface area contributed by atoms with Crippen molar-refractivity contribution in [3.8, 4) is 22.6 Å². The fraction of sp³-hybridized carbons (Fsp3) is 0.250. The molecule has 0 amide bonds. The van der Waals surface area contributed by atoms with Crippen LogP contribution in [-0.2, 0) is 0 Å². The van der Waals surface area contributed by atoms with Gasteiger partial charge in [-0.15, -0.1) is 0 Å². The molecule has 1 aliphatic heterocycles. The van der Waals surface area contributed by atoms with Gasteiger partial charge in [0.15, 0.2) is 16.9 Å². The van der Waals surface area contributed by atoms with Crippen molar-refractivity contribution in [1.29, 1.82) is 0 Å². The van der Waals surface area contributed by atoms with Crippen LogP contribution in [0.4, 0.5) is 0 Å². The van der Waals surface area contributed by atoms with Crippen LogP contribution in [0.1, 0.15) is 5.56 Å². The maximum atomic E-state index is 11.2. The van der Waals surface area contributed by atoms with Gasteiger partial charge in [0.05, 0.1) is 0 Å². The Hall–Kier alpha value is -1.77. The maximum Gasteiger partial charge on any atom is 0.190 e. The first-order chi connectivity index (χ1) is 7.27. The van der Waals surface area contributed by atoms with E-state index in [9.17, 15) is 4.79 Å². The molecule has 15 heavy (non-hydrogen) atoms. The summed E-state index contributed by atoms with van der Waals surface area (Å²) in [6.45, 7) is 3.00. The standard InChI is InChI=1S/C12H10O3/c1-7-11(12(7)13)8-2-3-9-10(6-8)15-5-4-14-9/h2-3,6H,4-5H2,1H3. The summed E-state index contributed by atoms with van der Waals surface area (Å²) in [4.78, 5) is 11.2. The van der Waals surface area contributed by atoms with E-state index in [-0.39, 0.29) is 5.43 Å². The zero-order chi connectivity index (χ0) is 10.4. The molecule has 3 rings (SSSR count). The lowest BCUT2D eigenvalue weighted by Gasteiger charge is -2.18. The second kappa shape index (κ2) is 2.86. The van der Waals surface area contributed by atoms with Crippen LogP contribution in [0.5, 0.6) is 11.5 Å². The molecule has 0 atom stereocenters. The van der Waals surface area contributed by atoms with E-state index in [1.54, 1.807) is 0 Å². The zero-order valence-corrected chi connectivity index (χ0v) is 8.37. The molecule has 3 heteroatoms. The van der Waals surface area contributed by atoms with E-state index in [1.165, 1.54) is 0 Å². The van der Waals surface area contributed by atoms with Gasteiger partial charge in [-0.3, -0.25) is 4.79 Å². The summed E-state index contributed by atoms with van der Waals surface area (Å²) in [6.07, 6.45) is 0. The average molecular weight is 202 g/mol. The van der Waals surface area contributed by atoms with Crippen molar-refractivity contribution in [1.82, 2.24) is 0 Å². The molecule has 0 radical (unpaired) electrons. The highest BCUT2D eigenvalue weighted by Crippen LogP contribution is 2.35. The van der Waals surface area contributed by atoms with Crippen molar-refractivity contribution in [2.45, 2.75) is 6.92 Å². The van der Waals surface area contributed by atoms with Crippen LogP contribution in [0.3, 0.4) is 0 Å². The van der Waals surface area contributed by atoms with Gasteiger partial charge in [0.1, 0.15) is 13.2 Å². The summed E-state index contributed by atoms with van der Waals surface area (Å²) >= 11 is 0. The third-order valence-electron chi connectivity index (χ3n) is 2.71. The van der Waals surface area contributed by atoms with Gasteiger partial charge < -0.3 is 9.47 Å². The minimum Gasteiger partial charge on any atom is -0.486 e. The molecule has 0 spiro atoms. The summed E-state index contributed by atoms with van der Waals surface area (Å²) < 4.78 is 10.9. The van der Waals surface area contributed by atoms with Crippen LogP contribution in [0.25, 0.3) is 11.1 Å². The molecule has 1 aliphatic rings. The minimum absolute atomic E-state index is 0.159. The minimum atomic E-state index is 0.159. The molecule has 3 nitrogen and oxygen atoms in total. The van der Waals surface area contributed by atoms with Crippen molar-refractivity contribution in [3.63, 3.8) is 0 Å². The number of ether oxygens (including phenoxy) is 2. The Kier molecular flexibility index (Phi) is 1.63. The molecule has 0 aliphatic carbocycles.